The second-order valence-electron chi connectivity index (χ2n) is 4.49. The summed E-state index contributed by atoms with van der Waals surface area (Å²) in [6.45, 7) is 0.646. The molecule has 0 aromatic heterocycles. The zero-order valence-corrected chi connectivity index (χ0v) is 11.2. The molecule has 0 saturated carbocycles. The summed E-state index contributed by atoms with van der Waals surface area (Å²) in [5, 5.41) is 2.63. The van der Waals surface area contributed by atoms with Crippen molar-refractivity contribution in [3.05, 3.63) is 29.3 Å². The second kappa shape index (κ2) is 5.44. The molecule has 18 heavy (non-hydrogen) atoms. The molecule has 0 spiro atoms. The van der Waals surface area contributed by atoms with Crippen molar-refractivity contribution >= 4 is 29.5 Å². The molecule has 96 valence electrons. The molecule has 1 aliphatic heterocycles. The van der Waals surface area contributed by atoms with Crippen LogP contribution in [0.25, 0.3) is 0 Å². The van der Waals surface area contributed by atoms with E-state index in [-0.39, 0.29) is 11.1 Å². The molecule has 0 radical (unpaired) electrons. The van der Waals surface area contributed by atoms with E-state index in [0.29, 0.717) is 13.0 Å². The number of aryl methyl sites for hydroxylation is 1. The molecule has 0 bridgehead atoms. The van der Waals surface area contributed by atoms with Gasteiger partial charge < -0.3 is 10.2 Å². The molecule has 0 atom stereocenters. The van der Waals surface area contributed by atoms with Gasteiger partial charge in [0.2, 0.25) is 5.91 Å². The first-order valence-corrected chi connectivity index (χ1v) is 6.36. The summed E-state index contributed by atoms with van der Waals surface area (Å²) < 4.78 is 0. The Morgan fingerprint density at radius 1 is 1.44 bits per heavy atom. The van der Waals surface area contributed by atoms with E-state index in [1.54, 1.807) is 11.9 Å². The van der Waals surface area contributed by atoms with Crippen LogP contribution in [0.4, 0.5) is 10.5 Å². The lowest BCUT2D eigenvalue weighted by molar-refractivity contribution is -0.116. The third-order valence-corrected chi connectivity index (χ3v) is 3.47. The maximum atomic E-state index is 11.2. The number of rotatable bonds is 3. The number of carbonyl (C=O) groups is 2. The molecule has 5 heteroatoms. The summed E-state index contributed by atoms with van der Waals surface area (Å²) in [5.74, 6) is 0.0793. The minimum absolute atomic E-state index is 0.0793. The van der Waals surface area contributed by atoms with Crippen LogP contribution in [0, 0.1) is 0 Å². The van der Waals surface area contributed by atoms with Gasteiger partial charge in [-0.3, -0.25) is 9.59 Å². The number of benzene rings is 1. The van der Waals surface area contributed by atoms with Crippen molar-refractivity contribution in [2.45, 2.75) is 19.3 Å². The molecular weight excluding hydrogens is 248 g/mol. The predicted octanol–water partition coefficient (Wildman–Crippen LogP) is 2.10. The molecule has 2 rings (SSSR count). The molecule has 1 aliphatic rings. The minimum atomic E-state index is -0.222. The van der Waals surface area contributed by atoms with Gasteiger partial charge in [0, 0.05) is 25.7 Å². The van der Waals surface area contributed by atoms with Crippen molar-refractivity contribution in [3.8, 4) is 0 Å². The lowest BCUT2D eigenvalue weighted by Crippen LogP contribution is -2.24. The van der Waals surface area contributed by atoms with Crippen LogP contribution in [0.15, 0.2) is 18.2 Å². The van der Waals surface area contributed by atoms with Gasteiger partial charge in [-0.05, 0) is 30.0 Å². The van der Waals surface area contributed by atoms with Crippen LogP contribution in [-0.2, 0) is 17.6 Å². The minimum Gasteiger partial charge on any atom is -0.337 e. The molecule has 0 unspecified atom stereocenters. The van der Waals surface area contributed by atoms with Crippen molar-refractivity contribution in [1.82, 2.24) is 4.90 Å². The van der Waals surface area contributed by atoms with Crippen LogP contribution in [0.2, 0.25) is 0 Å². The van der Waals surface area contributed by atoms with E-state index in [1.807, 2.05) is 12.1 Å². The van der Waals surface area contributed by atoms with Crippen LogP contribution < -0.4 is 5.32 Å². The Morgan fingerprint density at radius 3 is 2.94 bits per heavy atom. The first-order valence-electron chi connectivity index (χ1n) is 5.92. The fourth-order valence-electron chi connectivity index (χ4n) is 1.98. The Balaban J connectivity index is 2.03. The van der Waals surface area contributed by atoms with Crippen molar-refractivity contribution < 1.29 is 9.59 Å². The molecule has 4 nitrogen and oxygen atoms in total. The number of anilines is 1. The van der Waals surface area contributed by atoms with Gasteiger partial charge in [0.15, 0.2) is 0 Å². The van der Waals surface area contributed by atoms with Crippen molar-refractivity contribution in [2.24, 2.45) is 0 Å². The first-order chi connectivity index (χ1) is 8.56. The van der Waals surface area contributed by atoms with Crippen LogP contribution >= 0.6 is 12.6 Å². The summed E-state index contributed by atoms with van der Waals surface area (Å²) in [5.41, 5.74) is 3.26. The van der Waals surface area contributed by atoms with E-state index >= 15 is 0 Å². The van der Waals surface area contributed by atoms with Gasteiger partial charge in [-0.1, -0.05) is 24.8 Å². The van der Waals surface area contributed by atoms with Crippen molar-refractivity contribution in [3.63, 3.8) is 0 Å². The summed E-state index contributed by atoms with van der Waals surface area (Å²) in [6.07, 6.45) is 2.13. The number of carbonyl (C=O) groups excluding carboxylic acids is 2. The van der Waals surface area contributed by atoms with Gasteiger partial charge in [0.1, 0.15) is 0 Å². The summed E-state index contributed by atoms with van der Waals surface area (Å²) in [4.78, 5) is 23.8. The van der Waals surface area contributed by atoms with Gasteiger partial charge in [0.25, 0.3) is 5.24 Å². The van der Waals surface area contributed by atoms with Gasteiger partial charge in [-0.2, -0.15) is 0 Å². The fourth-order valence-corrected chi connectivity index (χ4v) is 2.08. The second-order valence-corrected chi connectivity index (χ2v) is 4.88. The highest BCUT2D eigenvalue weighted by Gasteiger charge is 2.14. The van der Waals surface area contributed by atoms with Crippen molar-refractivity contribution in [1.29, 1.82) is 0 Å². The third kappa shape index (κ3) is 3.04. The van der Waals surface area contributed by atoms with E-state index < -0.39 is 0 Å². The molecular formula is C13H16N2O2S. The lowest BCUT2D eigenvalue weighted by Gasteiger charge is -2.18. The largest absolute Gasteiger partial charge is 0.337 e. The smallest absolute Gasteiger partial charge is 0.278 e. The molecule has 1 aromatic rings. The molecule has 0 aliphatic carbocycles. The number of likely N-dealkylation sites (N-methyl/N-ethyl adjacent to an activating group) is 1. The quantitative estimate of drug-likeness (QED) is 0.821. The van der Waals surface area contributed by atoms with Crippen LogP contribution in [0.5, 0.6) is 0 Å². The number of amides is 2. The van der Waals surface area contributed by atoms with E-state index in [9.17, 15) is 9.59 Å². The Bertz CT molecular complexity index is 488. The van der Waals surface area contributed by atoms with E-state index in [1.165, 1.54) is 11.1 Å². The highest BCUT2D eigenvalue weighted by Crippen LogP contribution is 2.23. The van der Waals surface area contributed by atoms with Crippen LogP contribution in [0.3, 0.4) is 0 Å². The normalized spacial score (nSPS) is 13.8. The highest BCUT2D eigenvalue weighted by molar-refractivity contribution is 7.96. The lowest BCUT2D eigenvalue weighted by atomic mass is 9.99. The standard InChI is InChI=1S/C13H16N2O2S/c1-15(13(17)18)7-6-9-2-4-11-10(8-9)3-5-12(16)14-11/h2,4,8H,3,5-7H2,1H3,(H,14,16)(H,17,18). The van der Waals surface area contributed by atoms with Gasteiger partial charge in [-0.25, -0.2) is 0 Å². The van der Waals surface area contributed by atoms with E-state index in [2.05, 4.69) is 24.0 Å². The zero-order chi connectivity index (χ0) is 13.1. The van der Waals surface area contributed by atoms with Gasteiger partial charge >= 0.3 is 0 Å². The molecule has 1 aromatic carbocycles. The van der Waals surface area contributed by atoms with E-state index in [4.69, 9.17) is 0 Å². The van der Waals surface area contributed by atoms with E-state index in [0.717, 1.165) is 18.5 Å². The number of hydrogen-bond acceptors (Lipinski definition) is 2. The average Bonchev–Trinajstić information content (AvgIpc) is 2.35. The Hall–Kier alpha value is -1.49. The maximum absolute atomic E-state index is 11.2. The van der Waals surface area contributed by atoms with Gasteiger partial charge in [-0.15, -0.1) is 0 Å². The zero-order valence-electron chi connectivity index (χ0n) is 10.3. The van der Waals surface area contributed by atoms with Crippen LogP contribution in [0.1, 0.15) is 17.5 Å². The molecule has 2 amide bonds. The highest BCUT2D eigenvalue weighted by atomic mass is 32.1. The Kier molecular flexibility index (Phi) is 3.91. The van der Waals surface area contributed by atoms with Crippen LogP contribution in [-0.4, -0.2) is 29.6 Å². The molecule has 1 heterocycles. The van der Waals surface area contributed by atoms with Gasteiger partial charge in [0.05, 0.1) is 0 Å². The Labute approximate surface area is 112 Å². The Morgan fingerprint density at radius 2 is 2.22 bits per heavy atom. The topological polar surface area (TPSA) is 49.4 Å². The van der Waals surface area contributed by atoms with Crippen molar-refractivity contribution in [2.75, 3.05) is 18.9 Å². The average molecular weight is 264 g/mol. The SMILES string of the molecule is CN(CCc1ccc2c(c1)CCC(=O)N2)C(=O)S. The fraction of sp³-hybridized carbons (Fsp3) is 0.385. The number of nitrogens with zero attached hydrogens (tertiary/aromatic N) is 1. The third-order valence-electron chi connectivity index (χ3n) is 3.13. The number of nitrogens with one attached hydrogen (secondary N) is 1. The first kappa shape index (κ1) is 13.0. The summed E-state index contributed by atoms with van der Waals surface area (Å²) >= 11 is 3.77. The maximum Gasteiger partial charge on any atom is 0.278 e. The molecule has 0 fully saturated rings. The number of hydrogen-bond donors (Lipinski definition) is 2. The molecule has 1 N–H and O–H groups in total. The monoisotopic (exact) mass is 264 g/mol. The molecule has 0 saturated heterocycles. The predicted molar refractivity (Wildman–Crippen MR) is 74.1 cm³/mol. The summed E-state index contributed by atoms with van der Waals surface area (Å²) in [7, 11) is 1.73. The summed E-state index contributed by atoms with van der Waals surface area (Å²) in [6, 6.07) is 6.02. The number of thiol groups is 1. The number of fused-ring (bicyclic) bond motifs is 1.